The predicted molar refractivity (Wildman–Crippen MR) is 107 cm³/mol. The number of aromatic nitrogens is 2. The Kier molecular flexibility index (Phi) is 5.68. The van der Waals surface area contributed by atoms with E-state index in [0.717, 1.165) is 19.3 Å². The largest absolute Gasteiger partial charge is 0.494 e. The molecular formula is C19H22N4O2S. The number of allylic oxidation sites excluding steroid dienone is 2. The van der Waals surface area contributed by atoms with Gasteiger partial charge in [-0.25, -0.2) is 0 Å². The fourth-order valence-corrected chi connectivity index (χ4v) is 3.30. The van der Waals surface area contributed by atoms with Crippen molar-refractivity contribution < 1.29 is 5.11 Å². The van der Waals surface area contributed by atoms with Gasteiger partial charge in [-0.15, -0.1) is 0 Å². The van der Waals surface area contributed by atoms with E-state index in [1.807, 2.05) is 0 Å². The molecule has 0 fully saturated rings. The molecule has 0 saturated heterocycles. The highest BCUT2D eigenvalue weighted by Gasteiger charge is 2.12. The van der Waals surface area contributed by atoms with Crippen LogP contribution < -0.4 is 11.3 Å². The summed E-state index contributed by atoms with van der Waals surface area (Å²) in [5, 5.41) is 10.6. The van der Waals surface area contributed by atoms with Crippen LogP contribution in [0.25, 0.3) is 0 Å². The smallest absolute Gasteiger partial charge is 0.264 e. The lowest BCUT2D eigenvalue weighted by molar-refractivity contribution is 0.402. The molecule has 136 valence electrons. The zero-order chi connectivity index (χ0) is 18.5. The second-order valence-electron chi connectivity index (χ2n) is 6.36. The van der Waals surface area contributed by atoms with Gasteiger partial charge in [-0.3, -0.25) is 19.3 Å². The minimum atomic E-state index is -0.465. The van der Waals surface area contributed by atoms with E-state index in [-0.39, 0.29) is 16.2 Å². The number of aliphatic imine (C=N–C) groups is 1. The highest BCUT2D eigenvalue weighted by atomic mass is 32.1. The van der Waals surface area contributed by atoms with Crippen LogP contribution in [0.5, 0.6) is 5.88 Å². The Balaban J connectivity index is 1.87. The quantitative estimate of drug-likeness (QED) is 0.322. The topological polar surface area (TPSA) is 96.4 Å². The molecule has 1 aliphatic rings. The normalized spacial score (nSPS) is 14.5. The Morgan fingerprint density at radius 3 is 2.96 bits per heavy atom. The van der Waals surface area contributed by atoms with Gasteiger partial charge in [0.15, 0.2) is 4.77 Å². The van der Waals surface area contributed by atoms with Crippen LogP contribution in [0.3, 0.4) is 0 Å². The van der Waals surface area contributed by atoms with Crippen molar-refractivity contribution in [3.05, 3.63) is 56.6 Å². The molecule has 0 unspecified atom stereocenters. The number of rotatable bonds is 5. The molecule has 0 atom stereocenters. The van der Waals surface area contributed by atoms with Crippen molar-refractivity contribution in [3.8, 4) is 5.88 Å². The average molecular weight is 370 g/mol. The molecule has 1 aliphatic carbocycles. The standard InChI is InChI=1S/C19H22N4O2S/c20-14-7-4-8-15(11-14)21-12-16-17(24)22-19(26)23(18(16)25)10-9-13-5-2-1-3-6-13/h4-5,7-8,11-12,25H,1-3,6,9-10,20H2,(H,22,24,26). The van der Waals surface area contributed by atoms with E-state index >= 15 is 0 Å². The lowest BCUT2D eigenvalue weighted by Crippen LogP contribution is -2.19. The number of anilines is 1. The van der Waals surface area contributed by atoms with E-state index in [1.54, 1.807) is 28.8 Å². The van der Waals surface area contributed by atoms with Crippen LogP contribution in [-0.4, -0.2) is 20.9 Å². The number of nitrogens with two attached hydrogens (primary N) is 1. The molecule has 0 spiro atoms. The average Bonchev–Trinajstić information content (AvgIpc) is 2.62. The Labute approximate surface area is 156 Å². The number of hydrogen-bond acceptors (Lipinski definition) is 5. The molecule has 0 saturated carbocycles. The van der Waals surface area contributed by atoms with Crippen LogP contribution in [0.1, 0.15) is 37.7 Å². The van der Waals surface area contributed by atoms with Gasteiger partial charge in [0, 0.05) is 18.4 Å². The van der Waals surface area contributed by atoms with Gasteiger partial charge in [0.05, 0.1) is 5.69 Å². The third kappa shape index (κ3) is 4.29. The van der Waals surface area contributed by atoms with Gasteiger partial charge in [0.1, 0.15) is 5.56 Å². The van der Waals surface area contributed by atoms with E-state index in [4.69, 9.17) is 18.0 Å². The van der Waals surface area contributed by atoms with Gasteiger partial charge in [-0.2, -0.15) is 0 Å². The van der Waals surface area contributed by atoms with Crippen molar-refractivity contribution in [1.29, 1.82) is 0 Å². The fraction of sp³-hybridized carbons (Fsp3) is 0.316. The highest BCUT2D eigenvalue weighted by molar-refractivity contribution is 7.71. The SMILES string of the molecule is Nc1cccc(N=Cc2c(O)n(CCC3=CCCCC3)c(=S)[nH]c2=O)c1. The Hall–Kier alpha value is -2.67. The molecule has 1 heterocycles. The van der Waals surface area contributed by atoms with Crippen LogP contribution in [0.4, 0.5) is 11.4 Å². The number of nitrogen functional groups attached to an aromatic ring is 1. The van der Waals surface area contributed by atoms with Crippen LogP contribution in [-0.2, 0) is 6.54 Å². The number of H-pyrrole nitrogens is 1. The van der Waals surface area contributed by atoms with Crippen molar-refractivity contribution in [3.63, 3.8) is 0 Å². The van der Waals surface area contributed by atoms with Gasteiger partial charge in [0.2, 0.25) is 5.88 Å². The summed E-state index contributed by atoms with van der Waals surface area (Å²) in [7, 11) is 0. The number of nitrogens with one attached hydrogen (secondary N) is 1. The molecular weight excluding hydrogens is 348 g/mol. The third-order valence-corrected chi connectivity index (χ3v) is 4.78. The molecule has 6 nitrogen and oxygen atoms in total. The molecule has 2 aromatic rings. The summed E-state index contributed by atoms with van der Waals surface area (Å²) in [6.45, 7) is 0.520. The number of benzene rings is 1. The van der Waals surface area contributed by atoms with Gasteiger partial charge in [-0.05, 0) is 62.5 Å². The molecule has 0 amide bonds. The summed E-state index contributed by atoms with van der Waals surface area (Å²) in [5.41, 5.74) is 7.90. The number of hydrogen-bond donors (Lipinski definition) is 3. The van der Waals surface area contributed by atoms with E-state index in [1.165, 1.54) is 24.6 Å². The van der Waals surface area contributed by atoms with Crippen molar-refractivity contribution in [2.45, 2.75) is 38.6 Å². The lowest BCUT2D eigenvalue weighted by Gasteiger charge is -2.15. The summed E-state index contributed by atoms with van der Waals surface area (Å²) in [6, 6.07) is 6.98. The zero-order valence-electron chi connectivity index (χ0n) is 14.4. The number of aromatic hydroxyl groups is 1. The summed E-state index contributed by atoms with van der Waals surface area (Å²) in [6.07, 6.45) is 9.04. The second-order valence-corrected chi connectivity index (χ2v) is 6.75. The van der Waals surface area contributed by atoms with Gasteiger partial charge in [0.25, 0.3) is 5.56 Å². The van der Waals surface area contributed by atoms with E-state index in [0.29, 0.717) is 17.9 Å². The van der Waals surface area contributed by atoms with Crippen LogP contribution >= 0.6 is 12.2 Å². The molecule has 3 rings (SSSR count). The van der Waals surface area contributed by atoms with Gasteiger partial charge >= 0.3 is 0 Å². The molecule has 4 N–H and O–H groups in total. The molecule has 0 radical (unpaired) electrons. The van der Waals surface area contributed by atoms with Crippen molar-refractivity contribution in [2.75, 3.05) is 5.73 Å². The minimum absolute atomic E-state index is 0.0821. The minimum Gasteiger partial charge on any atom is -0.494 e. The first-order valence-electron chi connectivity index (χ1n) is 8.68. The Morgan fingerprint density at radius 2 is 2.23 bits per heavy atom. The second kappa shape index (κ2) is 8.14. The monoisotopic (exact) mass is 370 g/mol. The summed E-state index contributed by atoms with van der Waals surface area (Å²) < 4.78 is 1.76. The third-order valence-electron chi connectivity index (χ3n) is 4.46. The predicted octanol–water partition coefficient (Wildman–Crippen LogP) is 3.83. The van der Waals surface area contributed by atoms with E-state index in [9.17, 15) is 9.90 Å². The van der Waals surface area contributed by atoms with Crippen molar-refractivity contribution >= 4 is 29.8 Å². The van der Waals surface area contributed by atoms with Gasteiger partial charge in [-0.1, -0.05) is 17.7 Å². The van der Waals surface area contributed by atoms with Gasteiger partial charge < -0.3 is 10.8 Å². The van der Waals surface area contributed by atoms with Crippen LogP contribution in [0.2, 0.25) is 0 Å². The molecule has 0 aliphatic heterocycles. The first kappa shape index (κ1) is 18.1. The van der Waals surface area contributed by atoms with Crippen LogP contribution in [0.15, 0.2) is 45.7 Å². The Bertz CT molecular complexity index is 972. The maximum absolute atomic E-state index is 12.2. The maximum atomic E-state index is 12.2. The fourth-order valence-electron chi connectivity index (χ4n) is 3.03. The summed E-state index contributed by atoms with van der Waals surface area (Å²) in [5.74, 6) is -0.164. The molecule has 26 heavy (non-hydrogen) atoms. The highest BCUT2D eigenvalue weighted by Crippen LogP contribution is 2.22. The zero-order valence-corrected chi connectivity index (χ0v) is 15.3. The van der Waals surface area contributed by atoms with Crippen LogP contribution in [0, 0.1) is 4.77 Å². The number of aromatic amines is 1. The van der Waals surface area contributed by atoms with E-state index in [2.05, 4.69) is 16.1 Å². The van der Waals surface area contributed by atoms with Crippen molar-refractivity contribution in [2.24, 2.45) is 4.99 Å². The Morgan fingerprint density at radius 1 is 1.38 bits per heavy atom. The summed E-state index contributed by atoms with van der Waals surface area (Å²) >= 11 is 5.22. The maximum Gasteiger partial charge on any atom is 0.264 e. The first-order valence-corrected chi connectivity index (χ1v) is 9.09. The first-order chi connectivity index (χ1) is 12.5. The van der Waals surface area contributed by atoms with Crippen molar-refractivity contribution in [1.82, 2.24) is 9.55 Å². The summed E-state index contributed by atoms with van der Waals surface area (Å²) in [4.78, 5) is 19.0. The lowest BCUT2D eigenvalue weighted by atomic mass is 9.97. The molecule has 7 heteroatoms. The molecule has 1 aromatic carbocycles. The number of nitrogens with zero attached hydrogens (tertiary/aromatic N) is 2. The van der Waals surface area contributed by atoms with E-state index < -0.39 is 5.56 Å². The molecule has 0 bridgehead atoms. The molecule has 1 aromatic heterocycles.